The third-order valence-electron chi connectivity index (χ3n) is 5.88. The van der Waals surface area contributed by atoms with Crippen molar-refractivity contribution in [3.05, 3.63) is 38.4 Å². The van der Waals surface area contributed by atoms with Crippen LogP contribution in [0, 0.1) is 43.4 Å². The quantitative estimate of drug-likeness (QED) is 0.645. The van der Waals surface area contributed by atoms with Gasteiger partial charge in [0, 0.05) is 23.6 Å². The number of fused-ring (bicyclic) bond motifs is 2. The Morgan fingerprint density at radius 3 is 2.62 bits per heavy atom. The summed E-state index contributed by atoms with van der Waals surface area (Å²) in [5, 5.41) is 26.6. The first kappa shape index (κ1) is 18.2. The van der Waals surface area contributed by atoms with Gasteiger partial charge in [0.2, 0.25) is 0 Å². The number of ether oxygens (including phenoxy) is 1. The maximum Gasteiger partial charge on any atom is 0.301 e. The van der Waals surface area contributed by atoms with E-state index < -0.39 is 9.85 Å². The van der Waals surface area contributed by atoms with Crippen LogP contribution in [0.1, 0.15) is 27.2 Å². The minimum atomic E-state index is -0.657. The summed E-state index contributed by atoms with van der Waals surface area (Å²) >= 11 is 0. The maximum absolute atomic E-state index is 11.3. The molecule has 1 aromatic carbocycles. The number of hydrogen-bond acceptors (Lipinski definition) is 7. The molecule has 2 fully saturated rings. The molecule has 140 valence electrons. The molecule has 1 aliphatic heterocycles. The Morgan fingerprint density at radius 2 is 1.96 bits per heavy atom. The number of anilines is 1. The standard InChI is InChI=1S/C17H22N4O5/c1-10-6-11-8-26-9-13(17(10,2)3)16(11)19-18-14-5-4-12(20(22)23)7-15(14)21(24)25/h4-5,7,10-11,13,18H,6,8-9H2,1-3H3/b19-16+. The summed E-state index contributed by atoms with van der Waals surface area (Å²) in [5.74, 6) is 0.838. The van der Waals surface area contributed by atoms with Gasteiger partial charge in [-0.15, -0.1) is 0 Å². The molecule has 3 atom stereocenters. The molecule has 1 heterocycles. The van der Waals surface area contributed by atoms with Crippen molar-refractivity contribution in [1.82, 2.24) is 0 Å². The van der Waals surface area contributed by atoms with Crippen molar-refractivity contribution in [2.45, 2.75) is 27.2 Å². The number of hydrazone groups is 1. The first-order valence-corrected chi connectivity index (χ1v) is 8.56. The number of nitro groups is 2. The lowest BCUT2D eigenvalue weighted by molar-refractivity contribution is -0.393. The molecule has 0 aromatic heterocycles. The Bertz CT molecular complexity index is 776. The Morgan fingerprint density at radius 1 is 1.23 bits per heavy atom. The topological polar surface area (TPSA) is 120 Å². The fourth-order valence-electron chi connectivity index (χ4n) is 3.82. The summed E-state index contributed by atoms with van der Waals surface area (Å²) in [5.41, 5.74) is 3.21. The van der Waals surface area contributed by atoms with Gasteiger partial charge in [0.15, 0.2) is 0 Å². The Hall–Kier alpha value is -2.55. The Kier molecular flexibility index (Phi) is 4.66. The van der Waals surface area contributed by atoms with Crippen molar-refractivity contribution in [3.63, 3.8) is 0 Å². The second-order valence-corrected chi connectivity index (χ2v) is 7.61. The predicted octanol–water partition coefficient (Wildman–Crippen LogP) is 3.60. The van der Waals surface area contributed by atoms with Crippen LogP contribution in [0.15, 0.2) is 23.3 Å². The summed E-state index contributed by atoms with van der Waals surface area (Å²) < 4.78 is 5.71. The molecule has 0 radical (unpaired) electrons. The molecule has 3 rings (SSSR count). The number of benzene rings is 1. The van der Waals surface area contributed by atoms with Crippen molar-refractivity contribution in [3.8, 4) is 0 Å². The van der Waals surface area contributed by atoms with Crippen molar-refractivity contribution < 1.29 is 14.6 Å². The van der Waals surface area contributed by atoms with Gasteiger partial charge in [-0.05, 0) is 23.8 Å². The van der Waals surface area contributed by atoms with Crippen LogP contribution in [0.2, 0.25) is 0 Å². The van der Waals surface area contributed by atoms with E-state index in [0.29, 0.717) is 19.1 Å². The predicted molar refractivity (Wildman–Crippen MR) is 96.2 cm³/mol. The first-order valence-electron chi connectivity index (χ1n) is 8.56. The van der Waals surface area contributed by atoms with Crippen molar-refractivity contribution in [2.24, 2.45) is 28.3 Å². The average Bonchev–Trinajstić information content (AvgIpc) is 2.58. The Labute approximate surface area is 150 Å². The SMILES string of the molecule is CC1CC2COCC(/C2=N/Nc2ccc([N+](=O)[O-])cc2[N+](=O)[O-])C1(C)C. The number of rotatable bonds is 4. The van der Waals surface area contributed by atoms with E-state index in [1.165, 1.54) is 12.1 Å². The summed E-state index contributed by atoms with van der Waals surface area (Å²) in [7, 11) is 0. The smallest absolute Gasteiger partial charge is 0.301 e. The molecule has 26 heavy (non-hydrogen) atoms. The molecular weight excluding hydrogens is 340 g/mol. The molecule has 0 spiro atoms. The molecule has 0 amide bonds. The zero-order valence-electron chi connectivity index (χ0n) is 15.0. The maximum atomic E-state index is 11.3. The van der Waals surface area contributed by atoms with Gasteiger partial charge in [-0.3, -0.25) is 25.7 Å². The molecule has 1 aliphatic carbocycles. The van der Waals surface area contributed by atoms with Crippen LogP contribution in [-0.4, -0.2) is 28.8 Å². The highest BCUT2D eigenvalue weighted by molar-refractivity contribution is 5.92. The first-order chi connectivity index (χ1) is 12.2. The highest BCUT2D eigenvalue weighted by atomic mass is 16.6. The molecule has 1 saturated carbocycles. The molecule has 1 aromatic rings. The van der Waals surface area contributed by atoms with E-state index in [0.717, 1.165) is 18.2 Å². The zero-order chi connectivity index (χ0) is 19.1. The highest BCUT2D eigenvalue weighted by Gasteiger charge is 2.48. The molecular formula is C17H22N4O5. The molecule has 1 N–H and O–H groups in total. The number of nitro benzene ring substituents is 2. The minimum Gasteiger partial charge on any atom is -0.380 e. The van der Waals surface area contributed by atoms with E-state index in [-0.39, 0.29) is 34.3 Å². The van der Waals surface area contributed by atoms with Crippen molar-refractivity contribution in [1.29, 1.82) is 0 Å². The largest absolute Gasteiger partial charge is 0.380 e. The third kappa shape index (κ3) is 3.14. The van der Waals surface area contributed by atoms with Crippen LogP contribution < -0.4 is 5.43 Å². The van der Waals surface area contributed by atoms with Gasteiger partial charge < -0.3 is 4.74 Å². The van der Waals surface area contributed by atoms with Crippen LogP contribution in [-0.2, 0) is 4.74 Å². The second-order valence-electron chi connectivity index (χ2n) is 7.61. The summed E-state index contributed by atoms with van der Waals surface area (Å²) in [6, 6.07) is 3.49. The van der Waals surface area contributed by atoms with E-state index in [4.69, 9.17) is 4.74 Å². The normalized spacial score (nSPS) is 28.6. The van der Waals surface area contributed by atoms with Crippen LogP contribution in [0.4, 0.5) is 17.1 Å². The highest BCUT2D eigenvalue weighted by Crippen LogP contribution is 2.47. The zero-order valence-corrected chi connectivity index (χ0v) is 15.0. The van der Waals surface area contributed by atoms with Crippen molar-refractivity contribution in [2.75, 3.05) is 18.6 Å². The number of non-ortho nitro benzene ring substituents is 1. The van der Waals surface area contributed by atoms with Crippen LogP contribution >= 0.6 is 0 Å². The van der Waals surface area contributed by atoms with E-state index in [1.807, 2.05) is 0 Å². The van der Waals surface area contributed by atoms with Crippen LogP contribution in [0.25, 0.3) is 0 Å². The molecule has 2 bridgehead atoms. The number of nitrogens with zero attached hydrogens (tertiary/aromatic N) is 3. The molecule has 9 nitrogen and oxygen atoms in total. The Balaban J connectivity index is 1.92. The van der Waals surface area contributed by atoms with E-state index in [2.05, 4.69) is 31.3 Å². The van der Waals surface area contributed by atoms with E-state index >= 15 is 0 Å². The van der Waals surface area contributed by atoms with Gasteiger partial charge in [-0.2, -0.15) is 5.10 Å². The molecule has 9 heteroatoms. The fraction of sp³-hybridized carbons (Fsp3) is 0.588. The van der Waals surface area contributed by atoms with Gasteiger partial charge in [0.1, 0.15) is 5.69 Å². The van der Waals surface area contributed by atoms with Gasteiger partial charge in [0.05, 0.1) is 29.1 Å². The monoisotopic (exact) mass is 362 g/mol. The lowest BCUT2D eigenvalue weighted by Gasteiger charge is -2.50. The summed E-state index contributed by atoms with van der Waals surface area (Å²) in [6.45, 7) is 7.79. The van der Waals surface area contributed by atoms with E-state index in [9.17, 15) is 20.2 Å². The molecule has 3 unspecified atom stereocenters. The van der Waals surface area contributed by atoms with Crippen LogP contribution in [0.5, 0.6) is 0 Å². The third-order valence-corrected chi connectivity index (χ3v) is 5.88. The summed E-state index contributed by atoms with van der Waals surface area (Å²) in [6.07, 6.45) is 0.951. The van der Waals surface area contributed by atoms with Gasteiger partial charge >= 0.3 is 5.69 Å². The number of hydrogen-bond donors (Lipinski definition) is 1. The number of nitrogens with one attached hydrogen (secondary N) is 1. The van der Waals surface area contributed by atoms with Gasteiger partial charge in [-0.1, -0.05) is 20.8 Å². The second kappa shape index (κ2) is 6.64. The fourth-order valence-corrected chi connectivity index (χ4v) is 3.82. The van der Waals surface area contributed by atoms with Crippen molar-refractivity contribution >= 4 is 22.8 Å². The lowest BCUT2D eigenvalue weighted by atomic mass is 9.58. The van der Waals surface area contributed by atoms with Crippen LogP contribution in [0.3, 0.4) is 0 Å². The van der Waals surface area contributed by atoms with E-state index in [1.54, 1.807) is 0 Å². The van der Waals surface area contributed by atoms with Gasteiger partial charge in [0.25, 0.3) is 5.69 Å². The molecule has 1 saturated heterocycles. The summed E-state index contributed by atoms with van der Waals surface area (Å²) in [4.78, 5) is 20.8. The molecule has 2 aliphatic rings. The average molecular weight is 362 g/mol. The minimum absolute atomic E-state index is 0.0127. The lowest BCUT2D eigenvalue weighted by Crippen LogP contribution is -2.52. The van der Waals surface area contributed by atoms with Gasteiger partial charge in [-0.25, -0.2) is 0 Å².